The second kappa shape index (κ2) is 4.45. The van der Waals surface area contributed by atoms with Gasteiger partial charge in [-0.05, 0) is 19.3 Å². The maximum absolute atomic E-state index is 11.7. The molecule has 10 heavy (non-hydrogen) atoms. The third kappa shape index (κ3) is 2.48. The monoisotopic (exact) mass is 143 g/mol. The quantitative estimate of drug-likeness (QED) is 0.592. The summed E-state index contributed by atoms with van der Waals surface area (Å²) in [4.78, 5) is 0. The van der Waals surface area contributed by atoms with Gasteiger partial charge in [-0.2, -0.15) is 0 Å². The molecule has 0 bridgehead atoms. The van der Waals surface area contributed by atoms with E-state index in [9.17, 15) is 4.39 Å². The van der Waals surface area contributed by atoms with Gasteiger partial charge in [0.15, 0.2) is 0 Å². The Balaban J connectivity index is 2.10. The van der Waals surface area contributed by atoms with Gasteiger partial charge >= 0.3 is 0 Å². The van der Waals surface area contributed by atoms with E-state index in [0.717, 1.165) is 19.3 Å². The molecule has 1 rings (SSSR count). The second-order valence-corrected chi connectivity index (χ2v) is 2.62. The van der Waals surface area contributed by atoms with Gasteiger partial charge in [0.05, 0.1) is 0 Å². The van der Waals surface area contributed by atoms with Crippen molar-refractivity contribution in [2.75, 3.05) is 13.2 Å². The van der Waals surface area contributed by atoms with Crippen LogP contribution in [0.2, 0.25) is 0 Å². The molecule has 1 aliphatic carbocycles. The summed E-state index contributed by atoms with van der Waals surface area (Å²) in [7, 11) is 0. The molecule has 1 nitrogen and oxygen atoms in total. The summed E-state index contributed by atoms with van der Waals surface area (Å²) in [6.07, 6.45) is 7.73. The minimum atomic E-state index is -0.250. The van der Waals surface area contributed by atoms with E-state index in [1.54, 1.807) is 0 Å². The molecule has 0 spiro atoms. The molecule has 2 heteroatoms. The summed E-state index contributed by atoms with van der Waals surface area (Å²) in [5.41, 5.74) is 0. The van der Waals surface area contributed by atoms with Crippen LogP contribution in [0.4, 0.5) is 4.39 Å². The molecule has 58 valence electrons. The van der Waals surface area contributed by atoms with Crippen LogP contribution >= 0.6 is 0 Å². The Bertz CT molecular complexity index is 112. The van der Waals surface area contributed by atoms with Crippen LogP contribution in [0.5, 0.6) is 0 Å². The van der Waals surface area contributed by atoms with Crippen LogP contribution in [0.1, 0.15) is 19.3 Å². The molecule has 1 N–H and O–H groups in total. The van der Waals surface area contributed by atoms with Gasteiger partial charge in [-0.1, -0.05) is 12.2 Å². The van der Waals surface area contributed by atoms with E-state index in [4.69, 9.17) is 0 Å². The fraction of sp³-hybridized carbons (Fsp3) is 0.750. The average molecular weight is 143 g/mol. The summed E-state index contributed by atoms with van der Waals surface area (Å²) < 4.78 is 11.7. The van der Waals surface area contributed by atoms with E-state index in [-0.39, 0.29) is 6.67 Å². The molecule has 0 aromatic carbocycles. The highest BCUT2D eigenvalue weighted by Gasteiger charge is 2.07. The van der Waals surface area contributed by atoms with Crippen molar-refractivity contribution >= 4 is 0 Å². The van der Waals surface area contributed by atoms with Gasteiger partial charge in [0.25, 0.3) is 0 Å². The molecule has 1 unspecified atom stereocenters. The lowest BCUT2D eigenvalue weighted by Crippen LogP contribution is -2.31. The average Bonchev–Trinajstić information content (AvgIpc) is 2.03. The fourth-order valence-electron chi connectivity index (χ4n) is 1.24. The van der Waals surface area contributed by atoms with Crippen LogP contribution in [-0.4, -0.2) is 19.3 Å². The first kappa shape index (κ1) is 7.73. The lowest BCUT2D eigenvalue weighted by molar-refractivity contribution is 0.413. The molecule has 0 saturated heterocycles. The Labute approximate surface area is 61.3 Å². The van der Waals surface area contributed by atoms with Crippen molar-refractivity contribution in [2.45, 2.75) is 25.3 Å². The first-order valence-electron chi connectivity index (χ1n) is 3.88. The van der Waals surface area contributed by atoms with Gasteiger partial charge in [-0.15, -0.1) is 0 Å². The van der Waals surface area contributed by atoms with Crippen molar-refractivity contribution in [2.24, 2.45) is 0 Å². The third-order valence-corrected chi connectivity index (χ3v) is 1.80. The number of rotatable bonds is 3. The molecule has 0 aliphatic heterocycles. The standard InChI is InChI=1S/C8H14FN/c9-6-7-10-8-4-2-1-3-5-8/h1-2,8,10H,3-7H2. The molecule has 0 amide bonds. The molecule has 0 aromatic rings. The smallest absolute Gasteiger partial charge is 0.102 e. The molecule has 0 radical (unpaired) electrons. The lowest BCUT2D eigenvalue weighted by atomic mass is 10.0. The summed E-state index contributed by atoms with van der Waals surface area (Å²) in [5.74, 6) is 0. The summed E-state index contributed by atoms with van der Waals surface area (Å²) >= 11 is 0. The van der Waals surface area contributed by atoms with Gasteiger partial charge in [0.2, 0.25) is 0 Å². The minimum Gasteiger partial charge on any atom is -0.311 e. The Kier molecular flexibility index (Phi) is 3.44. The first-order valence-corrected chi connectivity index (χ1v) is 3.88. The highest BCUT2D eigenvalue weighted by molar-refractivity contribution is 4.92. The molecular weight excluding hydrogens is 129 g/mol. The zero-order valence-electron chi connectivity index (χ0n) is 6.15. The number of nitrogens with one attached hydrogen (secondary N) is 1. The van der Waals surface area contributed by atoms with E-state index in [1.807, 2.05) is 0 Å². The van der Waals surface area contributed by atoms with Crippen molar-refractivity contribution in [1.82, 2.24) is 5.32 Å². The number of alkyl halides is 1. The van der Waals surface area contributed by atoms with Crippen molar-refractivity contribution in [3.05, 3.63) is 12.2 Å². The summed E-state index contributed by atoms with van der Waals surface area (Å²) in [6, 6.07) is 0.528. The maximum atomic E-state index is 11.7. The van der Waals surface area contributed by atoms with Crippen molar-refractivity contribution in [1.29, 1.82) is 0 Å². The molecule has 0 fully saturated rings. The maximum Gasteiger partial charge on any atom is 0.102 e. The normalized spacial score (nSPS) is 25.1. The number of halogens is 1. The van der Waals surface area contributed by atoms with E-state index >= 15 is 0 Å². The predicted octanol–water partition coefficient (Wildman–Crippen LogP) is 1.65. The van der Waals surface area contributed by atoms with Crippen molar-refractivity contribution in [3.63, 3.8) is 0 Å². The van der Waals surface area contributed by atoms with E-state index in [2.05, 4.69) is 17.5 Å². The van der Waals surface area contributed by atoms with E-state index in [0.29, 0.717) is 12.6 Å². The zero-order valence-corrected chi connectivity index (χ0v) is 6.15. The fourth-order valence-corrected chi connectivity index (χ4v) is 1.24. The van der Waals surface area contributed by atoms with Crippen molar-refractivity contribution < 1.29 is 4.39 Å². The van der Waals surface area contributed by atoms with Crippen LogP contribution in [-0.2, 0) is 0 Å². The van der Waals surface area contributed by atoms with Gasteiger partial charge in [-0.25, -0.2) is 4.39 Å². The number of hydrogen-bond acceptors (Lipinski definition) is 1. The molecule has 1 aliphatic rings. The van der Waals surface area contributed by atoms with Gasteiger partial charge in [0.1, 0.15) is 6.67 Å². The van der Waals surface area contributed by atoms with Crippen LogP contribution in [0.25, 0.3) is 0 Å². The van der Waals surface area contributed by atoms with Crippen LogP contribution in [0.3, 0.4) is 0 Å². The minimum absolute atomic E-state index is 0.250. The molecule has 1 atom stereocenters. The Morgan fingerprint density at radius 3 is 3.00 bits per heavy atom. The molecule has 0 saturated carbocycles. The number of allylic oxidation sites excluding steroid dienone is 1. The van der Waals surface area contributed by atoms with Gasteiger partial charge < -0.3 is 5.32 Å². The highest BCUT2D eigenvalue weighted by Crippen LogP contribution is 2.09. The zero-order chi connectivity index (χ0) is 7.23. The summed E-state index contributed by atoms with van der Waals surface area (Å²) in [6.45, 7) is 0.263. The largest absolute Gasteiger partial charge is 0.311 e. The van der Waals surface area contributed by atoms with Crippen LogP contribution < -0.4 is 5.32 Å². The van der Waals surface area contributed by atoms with Crippen LogP contribution in [0.15, 0.2) is 12.2 Å². The molecule has 0 aromatic heterocycles. The SMILES string of the molecule is FCCNC1CC=CCC1. The topological polar surface area (TPSA) is 12.0 Å². The van der Waals surface area contributed by atoms with Gasteiger partial charge in [-0.3, -0.25) is 0 Å². The lowest BCUT2D eigenvalue weighted by Gasteiger charge is -2.17. The second-order valence-electron chi connectivity index (χ2n) is 2.62. The van der Waals surface area contributed by atoms with E-state index in [1.165, 1.54) is 0 Å². The highest BCUT2D eigenvalue weighted by atomic mass is 19.1. The Morgan fingerprint density at radius 1 is 1.50 bits per heavy atom. The van der Waals surface area contributed by atoms with Crippen molar-refractivity contribution in [3.8, 4) is 0 Å². The van der Waals surface area contributed by atoms with E-state index < -0.39 is 0 Å². The predicted molar refractivity (Wildman–Crippen MR) is 40.8 cm³/mol. The summed E-state index contributed by atoms with van der Waals surface area (Å²) in [5, 5.41) is 3.14. The number of hydrogen-bond donors (Lipinski definition) is 1. The Morgan fingerprint density at radius 2 is 2.40 bits per heavy atom. The Hall–Kier alpha value is -0.370. The van der Waals surface area contributed by atoms with Gasteiger partial charge in [0, 0.05) is 12.6 Å². The van der Waals surface area contributed by atoms with Crippen LogP contribution in [0, 0.1) is 0 Å². The first-order chi connectivity index (χ1) is 4.93. The third-order valence-electron chi connectivity index (χ3n) is 1.80. The molecule has 0 heterocycles. The molecular formula is C8H14FN.